The van der Waals surface area contributed by atoms with Crippen LogP contribution < -0.4 is 4.90 Å². The summed E-state index contributed by atoms with van der Waals surface area (Å²) in [5.41, 5.74) is 1.72. The summed E-state index contributed by atoms with van der Waals surface area (Å²) in [7, 11) is 0. The van der Waals surface area contributed by atoms with Gasteiger partial charge in [-0.2, -0.15) is 4.99 Å². The third-order valence-electron chi connectivity index (χ3n) is 4.68. The van der Waals surface area contributed by atoms with Crippen LogP contribution in [0.5, 0.6) is 0 Å². The number of benzene rings is 2. The Morgan fingerprint density at radius 2 is 1.61 bits per heavy atom. The highest BCUT2D eigenvalue weighted by atomic mass is 32.2. The minimum atomic E-state index is -0.349. The number of para-hydroxylation sites is 2. The van der Waals surface area contributed by atoms with E-state index < -0.39 is 0 Å². The number of aliphatic imine (C=N–C) groups is 1. The van der Waals surface area contributed by atoms with Crippen molar-refractivity contribution in [3.05, 3.63) is 75.2 Å². The molecule has 7 nitrogen and oxygen atoms in total. The molecule has 0 N–H and O–H groups in total. The Morgan fingerprint density at radius 1 is 0.964 bits per heavy atom. The lowest BCUT2D eigenvalue weighted by molar-refractivity contribution is -0.384. The lowest BCUT2D eigenvalue weighted by Crippen LogP contribution is -2.48. The van der Waals surface area contributed by atoms with Gasteiger partial charge < -0.3 is 9.80 Å². The van der Waals surface area contributed by atoms with E-state index in [0.29, 0.717) is 41.9 Å². The Morgan fingerprint density at radius 3 is 2.32 bits per heavy atom. The van der Waals surface area contributed by atoms with Crippen LogP contribution in [-0.4, -0.2) is 47.1 Å². The monoisotopic (exact) mass is 394 g/mol. The van der Waals surface area contributed by atoms with E-state index >= 15 is 0 Å². The number of thioether (sulfide) groups is 1. The van der Waals surface area contributed by atoms with Crippen molar-refractivity contribution < 1.29 is 9.72 Å². The van der Waals surface area contributed by atoms with E-state index in [1.807, 2.05) is 47.4 Å². The predicted octanol–water partition coefficient (Wildman–Crippen LogP) is 3.39. The number of carbonyl (C=O) groups excluding carboxylic acids is 1. The molecule has 0 aliphatic carbocycles. The van der Waals surface area contributed by atoms with Gasteiger partial charge in [-0.15, -0.1) is 0 Å². The molecule has 0 radical (unpaired) electrons. The highest BCUT2D eigenvalue weighted by Gasteiger charge is 2.29. The maximum atomic E-state index is 12.2. The highest BCUT2D eigenvalue weighted by molar-refractivity contribution is 8.18. The van der Waals surface area contributed by atoms with Gasteiger partial charge in [0.05, 0.1) is 9.83 Å². The summed E-state index contributed by atoms with van der Waals surface area (Å²) in [6.45, 7) is 2.58. The molecule has 2 aromatic rings. The van der Waals surface area contributed by atoms with Crippen LogP contribution in [0, 0.1) is 10.1 Å². The molecular formula is C20H18N4O3S. The van der Waals surface area contributed by atoms with E-state index in [-0.39, 0.29) is 16.5 Å². The maximum absolute atomic E-state index is 12.2. The molecule has 0 unspecified atom stereocenters. The molecule has 1 saturated heterocycles. The first-order valence-electron chi connectivity index (χ1n) is 8.93. The van der Waals surface area contributed by atoms with Gasteiger partial charge in [0.1, 0.15) is 5.69 Å². The fourth-order valence-corrected chi connectivity index (χ4v) is 4.22. The van der Waals surface area contributed by atoms with Gasteiger partial charge in [-0.1, -0.05) is 42.5 Å². The van der Waals surface area contributed by atoms with Crippen LogP contribution in [-0.2, 0) is 4.79 Å². The molecule has 0 spiro atoms. The number of rotatable bonds is 3. The number of hydrogen-bond donors (Lipinski definition) is 0. The molecule has 0 saturated carbocycles. The molecule has 4 rings (SSSR count). The van der Waals surface area contributed by atoms with Crippen molar-refractivity contribution in [2.75, 3.05) is 31.1 Å². The van der Waals surface area contributed by atoms with Gasteiger partial charge in [0.25, 0.3) is 11.6 Å². The molecule has 2 aliphatic rings. The fraction of sp³-hybridized carbons (Fsp3) is 0.200. The van der Waals surface area contributed by atoms with Crippen LogP contribution in [0.4, 0.5) is 11.4 Å². The van der Waals surface area contributed by atoms with Gasteiger partial charge in [0.15, 0.2) is 5.17 Å². The van der Waals surface area contributed by atoms with Gasteiger partial charge >= 0.3 is 0 Å². The van der Waals surface area contributed by atoms with Crippen LogP contribution in [0.1, 0.15) is 5.56 Å². The average molecular weight is 394 g/mol. The number of hydrogen-bond acceptors (Lipinski definition) is 6. The number of anilines is 1. The van der Waals surface area contributed by atoms with E-state index in [2.05, 4.69) is 9.89 Å². The first-order chi connectivity index (χ1) is 13.6. The number of amides is 1. The van der Waals surface area contributed by atoms with E-state index in [4.69, 9.17) is 0 Å². The van der Waals surface area contributed by atoms with Gasteiger partial charge in [0, 0.05) is 32.2 Å². The summed E-state index contributed by atoms with van der Waals surface area (Å²) in [5, 5.41) is 12.0. The van der Waals surface area contributed by atoms with Crippen molar-refractivity contribution in [3.63, 3.8) is 0 Å². The van der Waals surface area contributed by atoms with Crippen molar-refractivity contribution >= 4 is 40.3 Å². The summed E-state index contributed by atoms with van der Waals surface area (Å²) in [6.07, 6.45) is 1.85. The largest absolute Gasteiger partial charge is 0.362 e. The molecule has 28 heavy (non-hydrogen) atoms. The predicted molar refractivity (Wildman–Crippen MR) is 111 cm³/mol. The van der Waals surface area contributed by atoms with Crippen molar-refractivity contribution in [3.8, 4) is 0 Å². The molecule has 2 aliphatic heterocycles. The van der Waals surface area contributed by atoms with Crippen LogP contribution in [0.15, 0.2) is 64.5 Å². The van der Waals surface area contributed by atoms with E-state index in [9.17, 15) is 14.9 Å². The number of piperazine rings is 1. The zero-order valence-electron chi connectivity index (χ0n) is 15.0. The normalized spacial score (nSPS) is 18.5. The number of nitro benzene ring substituents is 1. The summed E-state index contributed by atoms with van der Waals surface area (Å²) in [5.74, 6) is -0.218. The average Bonchev–Trinajstić information content (AvgIpc) is 3.09. The van der Waals surface area contributed by atoms with Gasteiger partial charge in [0.2, 0.25) is 0 Å². The van der Waals surface area contributed by atoms with Crippen LogP contribution in [0.3, 0.4) is 0 Å². The van der Waals surface area contributed by atoms with Crippen molar-refractivity contribution in [2.24, 2.45) is 4.99 Å². The molecule has 1 fully saturated rings. The van der Waals surface area contributed by atoms with Crippen LogP contribution in [0.2, 0.25) is 0 Å². The fourth-order valence-electron chi connectivity index (χ4n) is 3.26. The van der Waals surface area contributed by atoms with E-state index in [1.165, 1.54) is 17.8 Å². The number of nitro groups is 1. The van der Waals surface area contributed by atoms with Gasteiger partial charge in [-0.25, -0.2) is 0 Å². The second-order valence-electron chi connectivity index (χ2n) is 6.44. The Balaban J connectivity index is 1.42. The molecular weight excluding hydrogens is 376 g/mol. The van der Waals surface area contributed by atoms with E-state index in [0.717, 1.165) is 5.56 Å². The van der Waals surface area contributed by atoms with Gasteiger partial charge in [-0.3, -0.25) is 14.9 Å². The summed E-state index contributed by atoms with van der Waals surface area (Å²) in [4.78, 5) is 32.1. The Bertz CT molecular complexity index is 966. The molecule has 0 bridgehead atoms. The Labute approximate surface area is 166 Å². The highest BCUT2D eigenvalue weighted by Crippen LogP contribution is 2.32. The molecule has 8 heteroatoms. The summed E-state index contributed by atoms with van der Waals surface area (Å²) >= 11 is 1.39. The van der Waals surface area contributed by atoms with Crippen LogP contribution in [0.25, 0.3) is 6.08 Å². The molecule has 142 valence electrons. The number of carbonyl (C=O) groups is 1. The third kappa shape index (κ3) is 3.77. The molecule has 1 amide bonds. The van der Waals surface area contributed by atoms with Gasteiger partial charge in [-0.05, 0) is 29.5 Å². The minimum Gasteiger partial charge on any atom is -0.362 e. The zero-order chi connectivity index (χ0) is 19.5. The van der Waals surface area contributed by atoms with Crippen LogP contribution >= 0.6 is 11.8 Å². The number of amidine groups is 1. The molecule has 0 atom stereocenters. The molecule has 2 aromatic carbocycles. The van der Waals surface area contributed by atoms with Crippen molar-refractivity contribution in [1.29, 1.82) is 0 Å². The topological polar surface area (TPSA) is 79.0 Å². The molecule has 2 heterocycles. The standard InChI is InChI=1S/C20H18N4O3S/c25-19-18(14-15-6-2-1-3-7-15)28-20(21-19)23-12-10-22(11-13-23)16-8-4-5-9-17(16)24(26)27/h1-9,14H,10-13H2. The smallest absolute Gasteiger partial charge is 0.292 e. The van der Waals surface area contributed by atoms with E-state index in [1.54, 1.807) is 12.1 Å². The minimum absolute atomic E-state index is 0.117. The Hall–Kier alpha value is -3.13. The second kappa shape index (κ2) is 7.85. The lowest BCUT2D eigenvalue weighted by Gasteiger charge is -2.36. The third-order valence-corrected chi connectivity index (χ3v) is 5.72. The summed E-state index contributed by atoms with van der Waals surface area (Å²) in [6, 6.07) is 16.5. The first-order valence-corrected chi connectivity index (χ1v) is 9.74. The molecule has 0 aromatic heterocycles. The second-order valence-corrected chi connectivity index (χ2v) is 7.45. The SMILES string of the molecule is O=C1N=C(N2CCN(c3ccccc3[N+](=O)[O-])CC2)SC1=Cc1ccccc1. The van der Waals surface area contributed by atoms with Crippen molar-refractivity contribution in [2.45, 2.75) is 0 Å². The summed E-state index contributed by atoms with van der Waals surface area (Å²) < 4.78 is 0. The first kappa shape index (κ1) is 18.2. The zero-order valence-corrected chi connectivity index (χ0v) is 15.8. The maximum Gasteiger partial charge on any atom is 0.292 e. The Kier molecular flexibility index (Phi) is 5.12. The van der Waals surface area contributed by atoms with Crippen molar-refractivity contribution in [1.82, 2.24) is 4.90 Å². The number of nitrogens with zero attached hydrogens (tertiary/aromatic N) is 4. The quantitative estimate of drug-likeness (QED) is 0.451. The lowest BCUT2D eigenvalue weighted by atomic mass is 10.2.